The number of esters is 1. The summed E-state index contributed by atoms with van der Waals surface area (Å²) in [6.45, 7) is 14.6. The summed E-state index contributed by atoms with van der Waals surface area (Å²) in [5, 5.41) is 0. The van der Waals surface area contributed by atoms with Gasteiger partial charge >= 0.3 is 5.97 Å². The molecule has 0 N–H and O–H groups in total. The molecule has 0 aromatic heterocycles. The molecule has 8 atom stereocenters. The van der Waals surface area contributed by atoms with Crippen LogP contribution in [0.2, 0.25) is 0 Å². The van der Waals surface area contributed by atoms with Crippen LogP contribution in [0.5, 0.6) is 0 Å². The topological polar surface area (TPSA) is 26.3 Å². The van der Waals surface area contributed by atoms with E-state index in [0.29, 0.717) is 17.3 Å². The average molecular weight is 457 g/mol. The molecule has 0 amide bonds. The highest BCUT2D eigenvalue weighted by atomic mass is 16.5. The standard InChI is InChI=1S/C31H52O2/c1-7-9-29(32)33-24-16-18-30(5)23(20-24)12-13-25-27-15-14-26(22(4)11-8-10-21(2)3)31(27,6)19-17-28(25)30/h12,21-22,24-28H,7-11,13-20H2,1-6H3/t22-,24?,25?,26-,27?,28?,30+,31-/m1/s1. The number of fused-ring (bicyclic) bond motifs is 5. The largest absolute Gasteiger partial charge is 0.462 e. The Hall–Kier alpha value is -0.790. The maximum absolute atomic E-state index is 12.1. The van der Waals surface area contributed by atoms with Crippen LogP contribution in [0, 0.1) is 46.3 Å². The molecule has 4 aliphatic carbocycles. The van der Waals surface area contributed by atoms with Crippen LogP contribution in [0.1, 0.15) is 125 Å². The van der Waals surface area contributed by atoms with Gasteiger partial charge in [0, 0.05) is 12.8 Å². The predicted molar refractivity (Wildman–Crippen MR) is 138 cm³/mol. The van der Waals surface area contributed by atoms with E-state index in [1.165, 1.54) is 57.8 Å². The van der Waals surface area contributed by atoms with Gasteiger partial charge in [-0.15, -0.1) is 0 Å². The van der Waals surface area contributed by atoms with Crippen LogP contribution in [0.25, 0.3) is 0 Å². The van der Waals surface area contributed by atoms with Crippen LogP contribution < -0.4 is 0 Å². The van der Waals surface area contributed by atoms with E-state index in [0.717, 1.165) is 54.8 Å². The van der Waals surface area contributed by atoms with Gasteiger partial charge in [0.05, 0.1) is 0 Å². The SMILES string of the molecule is CCCC(=O)OC1CC[C@@]2(C)C(=CCC3C2CC[C@@]2(C)C3CC[C@@H]2[C@H](C)CCCC(C)C)C1. The second kappa shape index (κ2) is 10.1. The van der Waals surface area contributed by atoms with Gasteiger partial charge in [0.25, 0.3) is 0 Å². The van der Waals surface area contributed by atoms with E-state index in [1.807, 2.05) is 0 Å². The second-order valence-corrected chi connectivity index (χ2v) is 13.4. The van der Waals surface area contributed by atoms with Gasteiger partial charge < -0.3 is 4.74 Å². The van der Waals surface area contributed by atoms with Gasteiger partial charge in [-0.1, -0.05) is 72.5 Å². The van der Waals surface area contributed by atoms with E-state index in [-0.39, 0.29) is 12.1 Å². The highest BCUT2D eigenvalue weighted by Gasteiger charge is 2.59. The summed E-state index contributed by atoms with van der Waals surface area (Å²) in [7, 11) is 0. The lowest BCUT2D eigenvalue weighted by atomic mass is 9.47. The highest BCUT2D eigenvalue weighted by Crippen LogP contribution is 2.67. The molecule has 188 valence electrons. The van der Waals surface area contributed by atoms with E-state index >= 15 is 0 Å². The lowest BCUT2D eigenvalue weighted by Gasteiger charge is -2.58. The fourth-order valence-corrected chi connectivity index (χ4v) is 9.20. The van der Waals surface area contributed by atoms with Gasteiger partial charge in [0.2, 0.25) is 0 Å². The van der Waals surface area contributed by atoms with Gasteiger partial charge in [-0.05, 0) is 97.7 Å². The zero-order valence-electron chi connectivity index (χ0n) is 22.6. The fraction of sp³-hybridized carbons (Fsp3) is 0.903. The van der Waals surface area contributed by atoms with Crippen LogP contribution in [0.4, 0.5) is 0 Å². The van der Waals surface area contributed by atoms with Gasteiger partial charge in [-0.3, -0.25) is 4.79 Å². The molecule has 3 fully saturated rings. The Morgan fingerprint density at radius 1 is 1.06 bits per heavy atom. The lowest BCUT2D eigenvalue weighted by Crippen LogP contribution is -2.51. The van der Waals surface area contributed by atoms with E-state index in [4.69, 9.17) is 4.74 Å². The van der Waals surface area contributed by atoms with Crippen molar-refractivity contribution in [3.63, 3.8) is 0 Å². The summed E-state index contributed by atoms with van der Waals surface area (Å²) < 4.78 is 5.85. The third-order valence-electron chi connectivity index (χ3n) is 11.0. The minimum absolute atomic E-state index is 0.00772. The van der Waals surface area contributed by atoms with E-state index in [2.05, 4.69) is 47.6 Å². The molecule has 2 nitrogen and oxygen atoms in total. The first-order valence-corrected chi connectivity index (χ1v) is 14.6. The number of carbonyl (C=O) groups excluding carboxylic acids is 1. The number of ether oxygens (including phenoxy) is 1. The zero-order chi connectivity index (χ0) is 23.8. The first-order chi connectivity index (χ1) is 15.7. The molecule has 4 rings (SSSR count). The van der Waals surface area contributed by atoms with E-state index in [1.54, 1.807) is 5.57 Å². The van der Waals surface area contributed by atoms with Gasteiger partial charge in [0.15, 0.2) is 0 Å². The van der Waals surface area contributed by atoms with Crippen molar-refractivity contribution in [3.8, 4) is 0 Å². The van der Waals surface area contributed by atoms with Crippen molar-refractivity contribution < 1.29 is 9.53 Å². The van der Waals surface area contributed by atoms with Gasteiger partial charge in [-0.2, -0.15) is 0 Å². The molecule has 3 saturated carbocycles. The zero-order valence-corrected chi connectivity index (χ0v) is 22.6. The molecule has 0 bridgehead atoms. The summed E-state index contributed by atoms with van der Waals surface area (Å²) in [5.74, 6) is 5.31. The number of allylic oxidation sites excluding steroid dienone is 1. The Balaban J connectivity index is 1.43. The minimum atomic E-state index is 0.00772. The minimum Gasteiger partial charge on any atom is -0.462 e. The second-order valence-electron chi connectivity index (χ2n) is 13.4. The number of carbonyl (C=O) groups is 1. The number of hydrogen-bond acceptors (Lipinski definition) is 2. The lowest BCUT2D eigenvalue weighted by molar-refractivity contribution is -0.151. The van der Waals surface area contributed by atoms with Crippen LogP contribution >= 0.6 is 0 Å². The Morgan fingerprint density at radius 3 is 2.58 bits per heavy atom. The molecule has 4 aliphatic rings. The van der Waals surface area contributed by atoms with Crippen LogP contribution in [-0.2, 0) is 9.53 Å². The van der Waals surface area contributed by atoms with Crippen LogP contribution in [0.3, 0.4) is 0 Å². The third-order valence-corrected chi connectivity index (χ3v) is 11.0. The Kier molecular flexibility index (Phi) is 7.72. The first-order valence-electron chi connectivity index (χ1n) is 14.6. The Morgan fingerprint density at radius 2 is 1.85 bits per heavy atom. The molecule has 33 heavy (non-hydrogen) atoms. The normalized spacial score (nSPS) is 41.1. The molecule has 0 aromatic rings. The molecule has 2 heteroatoms. The summed E-state index contributed by atoms with van der Waals surface area (Å²) in [6, 6.07) is 0. The molecule has 0 spiro atoms. The van der Waals surface area contributed by atoms with Crippen molar-refractivity contribution >= 4 is 5.97 Å². The molecular weight excluding hydrogens is 404 g/mol. The maximum atomic E-state index is 12.1. The van der Waals surface area contributed by atoms with Crippen LogP contribution in [-0.4, -0.2) is 12.1 Å². The monoisotopic (exact) mass is 456 g/mol. The Bertz CT molecular complexity index is 722. The summed E-state index contributed by atoms with van der Waals surface area (Å²) in [4.78, 5) is 12.1. The van der Waals surface area contributed by atoms with Crippen molar-refractivity contribution in [1.29, 1.82) is 0 Å². The molecule has 0 saturated heterocycles. The summed E-state index contributed by atoms with van der Waals surface area (Å²) in [5.41, 5.74) is 2.54. The molecule has 0 aromatic carbocycles. The van der Waals surface area contributed by atoms with Crippen molar-refractivity contribution in [3.05, 3.63) is 11.6 Å². The highest BCUT2D eigenvalue weighted by molar-refractivity contribution is 5.69. The molecular formula is C31H52O2. The Labute approximate surface area is 204 Å². The van der Waals surface area contributed by atoms with Gasteiger partial charge in [-0.25, -0.2) is 0 Å². The summed E-state index contributed by atoms with van der Waals surface area (Å²) in [6.07, 6.45) is 18.8. The molecule has 0 radical (unpaired) electrons. The smallest absolute Gasteiger partial charge is 0.306 e. The third kappa shape index (κ3) is 4.84. The molecule has 0 heterocycles. The van der Waals surface area contributed by atoms with Crippen molar-refractivity contribution in [1.82, 2.24) is 0 Å². The van der Waals surface area contributed by atoms with Crippen molar-refractivity contribution in [2.24, 2.45) is 46.3 Å². The quantitative estimate of drug-likeness (QED) is 0.269. The number of rotatable bonds is 8. The number of hydrogen-bond donors (Lipinski definition) is 0. The van der Waals surface area contributed by atoms with Gasteiger partial charge in [0.1, 0.15) is 6.10 Å². The molecule has 0 aliphatic heterocycles. The fourth-order valence-electron chi connectivity index (χ4n) is 9.20. The predicted octanol–water partition coefficient (Wildman–Crippen LogP) is 8.74. The van der Waals surface area contributed by atoms with Crippen LogP contribution in [0.15, 0.2) is 11.6 Å². The first kappa shape index (κ1) is 25.3. The van der Waals surface area contributed by atoms with Crippen molar-refractivity contribution in [2.45, 2.75) is 131 Å². The molecule has 4 unspecified atom stereocenters. The van der Waals surface area contributed by atoms with Crippen molar-refractivity contribution in [2.75, 3.05) is 0 Å². The average Bonchev–Trinajstić information content (AvgIpc) is 3.11. The van der Waals surface area contributed by atoms with E-state index < -0.39 is 0 Å². The summed E-state index contributed by atoms with van der Waals surface area (Å²) >= 11 is 0. The maximum Gasteiger partial charge on any atom is 0.306 e. The van der Waals surface area contributed by atoms with E-state index in [9.17, 15) is 4.79 Å².